The van der Waals surface area contributed by atoms with E-state index in [1.165, 1.54) is 37.7 Å². The molecule has 1 aromatic carbocycles. The van der Waals surface area contributed by atoms with Crippen molar-refractivity contribution in [3.8, 4) is 0 Å². The summed E-state index contributed by atoms with van der Waals surface area (Å²) in [5, 5.41) is 6.32. The minimum Gasteiger partial charge on any atom is -0.353 e. The highest BCUT2D eigenvalue weighted by Gasteiger charge is 2.15. The molecule has 1 aliphatic rings. The Morgan fingerprint density at radius 1 is 1.08 bits per heavy atom. The first-order valence-electron chi connectivity index (χ1n) is 9.06. The zero-order valence-electron chi connectivity index (χ0n) is 14.2. The molecule has 1 aromatic heterocycles. The van der Waals surface area contributed by atoms with E-state index < -0.39 is 0 Å². The van der Waals surface area contributed by atoms with E-state index in [0.29, 0.717) is 12.5 Å². The molecule has 1 saturated carbocycles. The normalized spacial score (nSPS) is 16.3. The van der Waals surface area contributed by atoms with Gasteiger partial charge >= 0.3 is 0 Å². The summed E-state index contributed by atoms with van der Waals surface area (Å²) >= 11 is 1.65. The molecule has 0 bridgehead atoms. The van der Waals surface area contributed by atoms with E-state index >= 15 is 0 Å². The zero-order valence-corrected chi connectivity index (χ0v) is 15.0. The van der Waals surface area contributed by atoms with Gasteiger partial charge < -0.3 is 5.32 Å². The van der Waals surface area contributed by atoms with Crippen molar-refractivity contribution >= 4 is 17.2 Å². The first kappa shape index (κ1) is 17.2. The molecule has 128 valence electrons. The van der Waals surface area contributed by atoms with Crippen molar-refractivity contribution in [3.63, 3.8) is 0 Å². The molecular formula is C20H26N2OS. The number of rotatable bonds is 5. The molecule has 1 aliphatic carbocycles. The van der Waals surface area contributed by atoms with Gasteiger partial charge in [-0.2, -0.15) is 0 Å². The van der Waals surface area contributed by atoms with Crippen molar-refractivity contribution in [2.24, 2.45) is 0 Å². The van der Waals surface area contributed by atoms with Gasteiger partial charge in [-0.1, -0.05) is 62.4 Å². The Balaban J connectivity index is 1.49. The van der Waals surface area contributed by atoms with Crippen molar-refractivity contribution in [1.82, 2.24) is 10.3 Å². The van der Waals surface area contributed by atoms with Crippen LogP contribution in [0.5, 0.6) is 0 Å². The minimum atomic E-state index is 0.122. The lowest BCUT2D eigenvalue weighted by atomic mass is 9.96. The highest BCUT2D eigenvalue weighted by Crippen LogP contribution is 2.18. The quantitative estimate of drug-likeness (QED) is 0.869. The molecule has 0 spiro atoms. The van der Waals surface area contributed by atoms with E-state index in [-0.39, 0.29) is 5.91 Å². The Morgan fingerprint density at radius 2 is 1.79 bits per heavy atom. The number of nitrogens with one attached hydrogen (secondary N) is 1. The van der Waals surface area contributed by atoms with Crippen molar-refractivity contribution < 1.29 is 4.79 Å². The molecule has 24 heavy (non-hydrogen) atoms. The van der Waals surface area contributed by atoms with Crippen LogP contribution in [0.3, 0.4) is 0 Å². The van der Waals surface area contributed by atoms with Crippen LogP contribution < -0.4 is 5.32 Å². The maximum Gasteiger partial charge on any atom is 0.226 e. The fourth-order valence-corrected chi connectivity index (χ4v) is 4.15. The van der Waals surface area contributed by atoms with Crippen LogP contribution in [0.15, 0.2) is 35.7 Å². The third-order valence-electron chi connectivity index (χ3n) is 4.61. The van der Waals surface area contributed by atoms with Crippen LogP contribution in [0.4, 0.5) is 0 Å². The minimum absolute atomic E-state index is 0.122. The second-order valence-corrected chi connectivity index (χ2v) is 7.62. The van der Waals surface area contributed by atoms with Gasteiger partial charge in [-0.05, 0) is 18.4 Å². The molecule has 2 aromatic rings. The SMILES string of the molecule is O=C(Cc1csc(Cc2ccccc2)n1)NC1CCCCCCC1. The van der Waals surface area contributed by atoms with Crippen LogP contribution in [-0.2, 0) is 17.6 Å². The number of carbonyl (C=O) groups is 1. The summed E-state index contributed by atoms with van der Waals surface area (Å²) in [5.74, 6) is 0.122. The van der Waals surface area contributed by atoms with Crippen LogP contribution in [0.25, 0.3) is 0 Å². The summed E-state index contributed by atoms with van der Waals surface area (Å²) in [6.45, 7) is 0. The molecule has 0 atom stereocenters. The van der Waals surface area contributed by atoms with Gasteiger partial charge in [0.05, 0.1) is 17.1 Å². The smallest absolute Gasteiger partial charge is 0.226 e. The molecule has 1 heterocycles. The molecule has 0 aliphatic heterocycles. The number of amides is 1. The van der Waals surface area contributed by atoms with E-state index in [0.717, 1.165) is 30.0 Å². The van der Waals surface area contributed by atoms with Crippen molar-refractivity contribution in [1.29, 1.82) is 0 Å². The van der Waals surface area contributed by atoms with Gasteiger partial charge in [0.2, 0.25) is 5.91 Å². The van der Waals surface area contributed by atoms with Gasteiger partial charge in [0.1, 0.15) is 0 Å². The summed E-state index contributed by atoms with van der Waals surface area (Å²) in [6.07, 6.45) is 9.94. The monoisotopic (exact) mass is 342 g/mol. The average Bonchev–Trinajstić information content (AvgIpc) is 2.98. The van der Waals surface area contributed by atoms with Crippen LogP contribution in [0, 0.1) is 0 Å². The summed E-state index contributed by atoms with van der Waals surface area (Å²) in [5.41, 5.74) is 2.16. The number of aromatic nitrogens is 1. The first-order valence-corrected chi connectivity index (χ1v) is 9.94. The Bertz CT molecular complexity index is 630. The Hall–Kier alpha value is -1.68. The topological polar surface area (TPSA) is 42.0 Å². The van der Waals surface area contributed by atoms with Gasteiger partial charge in [-0.15, -0.1) is 11.3 Å². The summed E-state index contributed by atoms with van der Waals surface area (Å²) < 4.78 is 0. The first-order chi connectivity index (χ1) is 11.8. The van der Waals surface area contributed by atoms with Gasteiger partial charge in [0.25, 0.3) is 0 Å². The van der Waals surface area contributed by atoms with Gasteiger partial charge in [0.15, 0.2) is 0 Å². The number of hydrogen-bond donors (Lipinski definition) is 1. The van der Waals surface area contributed by atoms with Crippen molar-refractivity contribution in [2.45, 2.75) is 63.8 Å². The maximum absolute atomic E-state index is 12.3. The molecule has 4 heteroatoms. The van der Waals surface area contributed by atoms with Gasteiger partial charge in [0, 0.05) is 17.8 Å². The van der Waals surface area contributed by atoms with E-state index in [1.807, 2.05) is 23.6 Å². The fraction of sp³-hybridized carbons (Fsp3) is 0.500. The van der Waals surface area contributed by atoms with Gasteiger partial charge in [-0.25, -0.2) is 4.98 Å². The fourth-order valence-electron chi connectivity index (χ4n) is 3.33. The summed E-state index contributed by atoms with van der Waals surface area (Å²) in [7, 11) is 0. The lowest BCUT2D eigenvalue weighted by molar-refractivity contribution is -0.121. The van der Waals surface area contributed by atoms with E-state index in [1.54, 1.807) is 11.3 Å². The third-order valence-corrected chi connectivity index (χ3v) is 5.51. The molecule has 3 rings (SSSR count). The van der Waals surface area contributed by atoms with Crippen LogP contribution >= 0.6 is 11.3 Å². The van der Waals surface area contributed by atoms with Gasteiger partial charge in [-0.3, -0.25) is 4.79 Å². The van der Waals surface area contributed by atoms with Crippen molar-refractivity contribution in [3.05, 3.63) is 52.0 Å². The molecule has 1 N–H and O–H groups in total. The molecule has 0 unspecified atom stereocenters. The van der Waals surface area contributed by atoms with Crippen LogP contribution in [-0.4, -0.2) is 16.9 Å². The van der Waals surface area contributed by atoms with Crippen molar-refractivity contribution in [2.75, 3.05) is 0 Å². The van der Waals surface area contributed by atoms with E-state index in [9.17, 15) is 4.79 Å². The standard InChI is InChI=1S/C20H26N2OS/c23-19(21-17-11-7-2-1-3-8-12-17)14-18-15-24-20(22-18)13-16-9-5-4-6-10-16/h4-6,9-10,15,17H,1-3,7-8,11-14H2,(H,21,23). The third kappa shape index (κ3) is 5.45. The van der Waals surface area contributed by atoms with E-state index in [2.05, 4.69) is 22.4 Å². The number of carbonyl (C=O) groups excluding carboxylic acids is 1. The summed E-state index contributed by atoms with van der Waals surface area (Å²) in [6, 6.07) is 10.7. The predicted octanol–water partition coefficient (Wildman–Crippen LogP) is 4.51. The Kier molecular flexibility index (Phi) is 6.41. The molecular weight excluding hydrogens is 316 g/mol. The highest BCUT2D eigenvalue weighted by atomic mass is 32.1. The molecule has 3 nitrogen and oxygen atoms in total. The highest BCUT2D eigenvalue weighted by molar-refractivity contribution is 7.09. The zero-order chi connectivity index (χ0) is 16.6. The second-order valence-electron chi connectivity index (χ2n) is 6.68. The molecule has 0 saturated heterocycles. The van der Waals surface area contributed by atoms with Crippen LogP contribution in [0.1, 0.15) is 61.2 Å². The molecule has 0 radical (unpaired) electrons. The lowest BCUT2D eigenvalue weighted by Gasteiger charge is -2.20. The lowest BCUT2D eigenvalue weighted by Crippen LogP contribution is -2.36. The Labute approximate surface area is 148 Å². The second kappa shape index (κ2) is 8.97. The number of benzene rings is 1. The number of nitrogens with zero attached hydrogens (tertiary/aromatic N) is 1. The predicted molar refractivity (Wildman–Crippen MR) is 99.3 cm³/mol. The Morgan fingerprint density at radius 3 is 2.54 bits per heavy atom. The van der Waals surface area contributed by atoms with E-state index in [4.69, 9.17) is 0 Å². The maximum atomic E-state index is 12.3. The summed E-state index contributed by atoms with van der Waals surface area (Å²) in [4.78, 5) is 16.9. The van der Waals surface area contributed by atoms with Crippen LogP contribution in [0.2, 0.25) is 0 Å². The molecule has 1 fully saturated rings. The molecule has 1 amide bonds. The largest absolute Gasteiger partial charge is 0.353 e. The number of hydrogen-bond acceptors (Lipinski definition) is 3. The number of thiazole rings is 1. The average molecular weight is 343 g/mol.